The van der Waals surface area contributed by atoms with Gasteiger partial charge in [0, 0.05) is 17.0 Å². The summed E-state index contributed by atoms with van der Waals surface area (Å²) in [6.45, 7) is 0. The summed E-state index contributed by atoms with van der Waals surface area (Å²) in [5, 5.41) is 19.5. The lowest BCUT2D eigenvalue weighted by Crippen LogP contribution is -1.67. The number of fused-ring (bicyclic) bond motifs is 1. The van der Waals surface area contributed by atoms with Crippen molar-refractivity contribution in [2.45, 2.75) is 0 Å². The minimum atomic E-state index is -0.0548. The monoisotopic (exact) mass is 295 g/mol. The Bertz CT molecular complexity index is 641. The van der Waals surface area contributed by atoms with Crippen LogP contribution in [0.5, 0.6) is 11.6 Å². The number of rotatable bonds is 0. The van der Waals surface area contributed by atoms with Crippen LogP contribution < -0.4 is 0 Å². The summed E-state index contributed by atoms with van der Waals surface area (Å²) in [5.74, 6) is 0.169. The maximum Gasteiger partial charge on any atom is 0.189 e. The molecule has 0 radical (unpaired) electrons. The smallest absolute Gasteiger partial charge is 0.189 e. The average molecular weight is 296 g/mol. The molecule has 3 N–H and O–H groups in total. The largest absolute Gasteiger partial charge is 0.505 e. The molecule has 0 aliphatic rings. The third kappa shape index (κ3) is 3.34. The number of aromatic hydroxyl groups is 2. The fraction of sp³-hybridized carbons (Fsp3) is 0. The summed E-state index contributed by atoms with van der Waals surface area (Å²) in [6, 6.07) is 14.3. The molecule has 3 nitrogen and oxygen atoms in total. The molecule has 1 aromatic heterocycles. The molecule has 0 saturated heterocycles. The van der Waals surface area contributed by atoms with Crippen molar-refractivity contribution < 1.29 is 10.2 Å². The Morgan fingerprint density at radius 1 is 0.842 bits per heavy atom. The Hall–Kier alpha value is -1.84. The number of halogens is 2. The normalized spacial score (nSPS) is 10.0. The first-order chi connectivity index (χ1) is 9.08. The van der Waals surface area contributed by atoms with Gasteiger partial charge in [0.05, 0.1) is 10.0 Å². The highest BCUT2D eigenvalue weighted by molar-refractivity contribution is 6.37. The van der Waals surface area contributed by atoms with Gasteiger partial charge in [0.15, 0.2) is 11.6 Å². The van der Waals surface area contributed by atoms with Crippen molar-refractivity contribution in [1.82, 2.24) is 4.98 Å². The second-order valence-corrected chi connectivity index (χ2v) is 4.63. The number of phenolic OH excluding ortho intramolecular Hbond substituents is 1. The van der Waals surface area contributed by atoms with Gasteiger partial charge in [0.1, 0.15) is 0 Å². The SMILES string of the molecule is Oc1c(Cl)cccc1Cl.Oc1cc2ccccc2[nH]1. The van der Waals surface area contributed by atoms with E-state index >= 15 is 0 Å². The maximum atomic E-state index is 9.00. The first kappa shape index (κ1) is 13.6. The Labute approximate surface area is 120 Å². The van der Waals surface area contributed by atoms with Crippen LogP contribution in [0.3, 0.4) is 0 Å². The molecule has 98 valence electrons. The van der Waals surface area contributed by atoms with Crippen molar-refractivity contribution in [2.24, 2.45) is 0 Å². The second-order valence-electron chi connectivity index (χ2n) is 3.81. The average Bonchev–Trinajstić information content (AvgIpc) is 2.76. The summed E-state index contributed by atoms with van der Waals surface area (Å²) in [6.07, 6.45) is 0. The standard InChI is InChI=1S/C8H7NO.C6H4Cl2O/c10-8-5-6-3-1-2-4-7(6)9-8;7-4-2-1-3-5(8)6(4)9/h1-5,9-10H;1-3,9H. The number of aromatic nitrogens is 1. The van der Waals surface area contributed by atoms with Gasteiger partial charge in [-0.25, -0.2) is 0 Å². The molecule has 19 heavy (non-hydrogen) atoms. The molecule has 0 spiro atoms. The van der Waals surface area contributed by atoms with Crippen LogP contribution in [-0.4, -0.2) is 15.2 Å². The fourth-order valence-corrected chi connectivity index (χ4v) is 1.94. The molecule has 0 saturated carbocycles. The zero-order chi connectivity index (χ0) is 13.8. The minimum Gasteiger partial charge on any atom is -0.505 e. The lowest BCUT2D eigenvalue weighted by Gasteiger charge is -1.95. The number of nitrogens with one attached hydrogen (secondary N) is 1. The summed E-state index contributed by atoms with van der Waals surface area (Å²) in [4.78, 5) is 2.81. The van der Waals surface area contributed by atoms with E-state index in [1.807, 2.05) is 24.3 Å². The predicted molar refractivity (Wildman–Crippen MR) is 78.1 cm³/mol. The minimum absolute atomic E-state index is 0.0548. The Morgan fingerprint density at radius 3 is 2.05 bits per heavy atom. The first-order valence-electron chi connectivity index (χ1n) is 5.47. The van der Waals surface area contributed by atoms with Gasteiger partial charge < -0.3 is 15.2 Å². The third-order valence-corrected chi connectivity index (χ3v) is 3.06. The third-order valence-electron chi connectivity index (χ3n) is 2.45. The van der Waals surface area contributed by atoms with E-state index < -0.39 is 0 Å². The molecule has 0 aliphatic heterocycles. The lowest BCUT2D eigenvalue weighted by atomic mass is 10.3. The number of H-pyrrole nitrogens is 1. The van der Waals surface area contributed by atoms with Gasteiger partial charge in [-0.05, 0) is 18.2 Å². The first-order valence-corrected chi connectivity index (χ1v) is 6.23. The van der Waals surface area contributed by atoms with Crippen LogP contribution in [0.1, 0.15) is 0 Å². The van der Waals surface area contributed by atoms with Crippen LogP contribution in [-0.2, 0) is 0 Å². The molecule has 0 unspecified atom stereocenters. The molecule has 3 aromatic rings. The topological polar surface area (TPSA) is 56.2 Å². The van der Waals surface area contributed by atoms with E-state index in [9.17, 15) is 0 Å². The summed E-state index contributed by atoms with van der Waals surface area (Å²) in [7, 11) is 0. The molecular formula is C14H11Cl2NO2. The van der Waals surface area contributed by atoms with E-state index in [0.717, 1.165) is 10.9 Å². The van der Waals surface area contributed by atoms with Crippen LogP contribution in [0.2, 0.25) is 10.0 Å². The van der Waals surface area contributed by atoms with E-state index in [0.29, 0.717) is 0 Å². The number of hydrogen-bond donors (Lipinski definition) is 3. The zero-order valence-electron chi connectivity index (χ0n) is 9.77. The van der Waals surface area contributed by atoms with Crippen molar-refractivity contribution >= 4 is 34.1 Å². The highest BCUT2D eigenvalue weighted by Crippen LogP contribution is 2.30. The second kappa shape index (κ2) is 5.87. The molecule has 0 atom stereocenters. The molecule has 0 amide bonds. The maximum absolute atomic E-state index is 9.00. The quantitative estimate of drug-likeness (QED) is 0.569. The van der Waals surface area contributed by atoms with Gasteiger partial charge in [0.2, 0.25) is 0 Å². The summed E-state index contributed by atoms with van der Waals surface area (Å²) in [5.41, 5.74) is 0.972. The van der Waals surface area contributed by atoms with Crippen molar-refractivity contribution in [1.29, 1.82) is 0 Å². The fourth-order valence-electron chi connectivity index (χ4n) is 1.55. The molecule has 0 fully saturated rings. The van der Waals surface area contributed by atoms with Crippen LogP contribution in [0.4, 0.5) is 0 Å². The highest BCUT2D eigenvalue weighted by Gasteiger charge is 1.99. The van der Waals surface area contributed by atoms with Crippen molar-refractivity contribution in [2.75, 3.05) is 0 Å². The van der Waals surface area contributed by atoms with Gasteiger partial charge in [-0.3, -0.25) is 0 Å². The van der Waals surface area contributed by atoms with Gasteiger partial charge in [0.25, 0.3) is 0 Å². The lowest BCUT2D eigenvalue weighted by molar-refractivity contribution is 0.458. The zero-order valence-corrected chi connectivity index (χ0v) is 11.3. The Kier molecular flexibility index (Phi) is 4.20. The van der Waals surface area contributed by atoms with Crippen LogP contribution in [0.15, 0.2) is 48.5 Å². The number of benzene rings is 2. The van der Waals surface area contributed by atoms with Gasteiger partial charge in [-0.15, -0.1) is 0 Å². The highest BCUT2D eigenvalue weighted by atomic mass is 35.5. The molecular weight excluding hydrogens is 285 g/mol. The molecule has 5 heteroatoms. The summed E-state index contributed by atoms with van der Waals surface area (Å²) < 4.78 is 0. The van der Waals surface area contributed by atoms with Crippen LogP contribution >= 0.6 is 23.2 Å². The number of para-hydroxylation sites is 2. The number of aromatic amines is 1. The van der Waals surface area contributed by atoms with Crippen molar-refractivity contribution in [3.63, 3.8) is 0 Å². The van der Waals surface area contributed by atoms with Gasteiger partial charge >= 0.3 is 0 Å². The van der Waals surface area contributed by atoms with Crippen LogP contribution in [0.25, 0.3) is 10.9 Å². The number of hydrogen-bond acceptors (Lipinski definition) is 2. The van der Waals surface area contributed by atoms with Gasteiger partial charge in [-0.2, -0.15) is 0 Å². The Balaban J connectivity index is 0.000000141. The predicted octanol–water partition coefficient (Wildman–Crippen LogP) is 4.57. The van der Waals surface area contributed by atoms with E-state index in [-0.39, 0.29) is 21.7 Å². The van der Waals surface area contributed by atoms with E-state index in [4.69, 9.17) is 33.4 Å². The molecule has 1 heterocycles. The van der Waals surface area contributed by atoms with Gasteiger partial charge in [-0.1, -0.05) is 47.5 Å². The summed E-state index contributed by atoms with van der Waals surface area (Å²) >= 11 is 11.0. The van der Waals surface area contributed by atoms with Crippen molar-refractivity contribution in [3.05, 3.63) is 58.6 Å². The Morgan fingerprint density at radius 2 is 1.47 bits per heavy atom. The van der Waals surface area contributed by atoms with Crippen molar-refractivity contribution in [3.8, 4) is 11.6 Å². The molecule has 3 rings (SSSR count). The van der Waals surface area contributed by atoms with E-state index in [1.54, 1.807) is 24.3 Å². The molecule has 0 aliphatic carbocycles. The molecule has 2 aromatic carbocycles. The number of phenols is 1. The van der Waals surface area contributed by atoms with E-state index in [2.05, 4.69) is 4.98 Å². The van der Waals surface area contributed by atoms with E-state index in [1.165, 1.54) is 0 Å². The molecule has 0 bridgehead atoms. The van der Waals surface area contributed by atoms with Crippen LogP contribution in [0, 0.1) is 0 Å².